The van der Waals surface area contributed by atoms with E-state index < -0.39 is 0 Å². The third kappa shape index (κ3) is 5.18. The second-order valence-corrected chi connectivity index (χ2v) is 9.11. The minimum atomic E-state index is -0.159. The molecule has 1 aromatic heterocycles. The highest BCUT2D eigenvalue weighted by molar-refractivity contribution is 7.12. The van der Waals surface area contributed by atoms with Crippen LogP contribution in [0.3, 0.4) is 0 Å². The maximum absolute atomic E-state index is 12.7. The van der Waals surface area contributed by atoms with Gasteiger partial charge in [-0.3, -0.25) is 9.59 Å². The van der Waals surface area contributed by atoms with E-state index in [2.05, 4.69) is 10.6 Å². The summed E-state index contributed by atoms with van der Waals surface area (Å²) in [5, 5.41) is 8.44. The Labute approximate surface area is 176 Å². The van der Waals surface area contributed by atoms with E-state index in [0.29, 0.717) is 6.54 Å². The summed E-state index contributed by atoms with van der Waals surface area (Å²) in [6, 6.07) is 11.7. The number of hydrogen-bond donors (Lipinski definition) is 2. The van der Waals surface area contributed by atoms with Gasteiger partial charge >= 0.3 is 0 Å². The second kappa shape index (κ2) is 9.44. The Morgan fingerprint density at radius 1 is 1.00 bits per heavy atom. The lowest BCUT2D eigenvalue weighted by molar-refractivity contribution is -0.121. The minimum absolute atomic E-state index is 0.000319. The Hall–Kier alpha value is -2.34. The predicted molar refractivity (Wildman–Crippen MR) is 118 cm³/mol. The average molecular weight is 412 g/mol. The monoisotopic (exact) mass is 411 g/mol. The molecule has 2 aromatic rings. The fourth-order valence-corrected chi connectivity index (χ4v) is 5.01. The second-order valence-electron chi connectivity index (χ2n) is 8.17. The first-order chi connectivity index (χ1) is 14.2. The molecule has 1 saturated carbocycles. The van der Waals surface area contributed by atoms with Gasteiger partial charge in [0.05, 0.1) is 10.8 Å². The summed E-state index contributed by atoms with van der Waals surface area (Å²) in [5.74, 6) is 0.670. The Kier molecular flexibility index (Phi) is 6.49. The number of carbonyl (C=O) groups is 2. The number of nitrogens with zero attached hydrogens (tertiary/aromatic N) is 1. The van der Waals surface area contributed by atoms with Crippen LogP contribution >= 0.6 is 11.3 Å². The molecule has 2 amide bonds. The average Bonchev–Trinajstić information content (AvgIpc) is 3.47. The molecule has 4 rings (SSSR count). The van der Waals surface area contributed by atoms with Crippen LogP contribution in [0.25, 0.3) is 0 Å². The van der Waals surface area contributed by atoms with Crippen molar-refractivity contribution in [3.05, 3.63) is 46.7 Å². The van der Waals surface area contributed by atoms with Crippen LogP contribution in [0.15, 0.2) is 41.8 Å². The highest BCUT2D eigenvalue weighted by Crippen LogP contribution is 2.26. The number of anilines is 2. The lowest BCUT2D eigenvalue weighted by Gasteiger charge is -2.31. The largest absolute Gasteiger partial charge is 0.385 e. The zero-order valence-corrected chi connectivity index (χ0v) is 17.5. The van der Waals surface area contributed by atoms with Crippen LogP contribution in [0.4, 0.5) is 11.4 Å². The van der Waals surface area contributed by atoms with Gasteiger partial charge in [-0.1, -0.05) is 18.9 Å². The molecule has 2 heterocycles. The van der Waals surface area contributed by atoms with Gasteiger partial charge in [0.2, 0.25) is 5.91 Å². The van der Waals surface area contributed by atoms with E-state index >= 15 is 0 Å². The van der Waals surface area contributed by atoms with Gasteiger partial charge in [-0.25, -0.2) is 0 Å². The molecule has 1 aliphatic carbocycles. The summed E-state index contributed by atoms with van der Waals surface area (Å²) < 4.78 is 0. The predicted octanol–water partition coefficient (Wildman–Crippen LogP) is 4.84. The third-order valence-corrected chi connectivity index (χ3v) is 6.89. The minimum Gasteiger partial charge on any atom is -0.385 e. The molecule has 0 bridgehead atoms. The Bertz CT molecular complexity index is 813. The molecule has 2 N–H and O–H groups in total. The molecule has 1 atom stereocenters. The van der Waals surface area contributed by atoms with E-state index in [1.165, 1.54) is 37.0 Å². The number of carbonyl (C=O) groups excluding carboxylic acids is 2. The van der Waals surface area contributed by atoms with E-state index in [-0.39, 0.29) is 17.7 Å². The van der Waals surface area contributed by atoms with Crippen molar-refractivity contribution < 1.29 is 9.59 Å². The standard InChI is InChI=1S/C23H29N3O2S/c27-22(18-7-3-13-26(16-18)23(28)21-8-4-14-29-21)25-20-11-9-19(10-12-20)24-15-17-5-1-2-6-17/h4,8-12,14,17-18,24H,1-3,5-7,13,15-16H2,(H,25,27). The van der Waals surface area contributed by atoms with Crippen molar-refractivity contribution in [1.82, 2.24) is 4.90 Å². The number of likely N-dealkylation sites (tertiary alicyclic amines) is 1. The van der Waals surface area contributed by atoms with Crippen LogP contribution < -0.4 is 10.6 Å². The zero-order valence-electron chi connectivity index (χ0n) is 16.7. The molecule has 6 heteroatoms. The first kappa shape index (κ1) is 20.0. The van der Waals surface area contributed by atoms with Gasteiger partial charge < -0.3 is 15.5 Å². The fraction of sp³-hybridized carbons (Fsp3) is 0.478. The van der Waals surface area contributed by atoms with Gasteiger partial charge in [0.25, 0.3) is 5.91 Å². The molecule has 0 radical (unpaired) electrons. The molecule has 0 spiro atoms. The lowest BCUT2D eigenvalue weighted by atomic mass is 9.97. The molecule has 1 aliphatic heterocycles. The number of amides is 2. The summed E-state index contributed by atoms with van der Waals surface area (Å²) in [5.41, 5.74) is 1.91. The summed E-state index contributed by atoms with van der Waals surface area (Å²) >= 11 is 1.45. The topological polar surface area (TPSA) is 61.4 Å². The number of hydrogen-bond acceptors (Lipinski definition) is 4. The van der Waals surface area contributed by atoms with Crippen LogP contribution in [-0.2, 0) is 4.79 Å². The van der Waals surface area contributed by atoms with Gasteiger partial charge in [-0.15, -0.1) is 11.3 Å². The fourth-order valence-electron chi connectivity index (χ4n) is 4.32. The molecule has 2 aliphatic rings. The van der Waals surface area contributed by atoms with Crippen molar-refractivity contribution in [3.63, 3.8) is 0 Å². The van der Waals surface area contributed by atoms with Crippen molar-refractivity contribution in [3.8, 4) is 0 Å². The van der Waals surface area contributed by atoms with Gasteiger partial charge in [-0.05, 0) is 67.3 Å². The lowest BCUT2D eigenvalue weighted by Crippen LogP contribution is -2.43. The Morgan fingerprint density at radius 2 is 1.76 bits per heavy atom. The van der Waals surface area contributed by atoms with E-state index in [9.17, 15) is 9.59 Å². The van der Waals surface area contributed by atoms with E-state index in [4.69, 9.17) is 0 Å². The maximum atomic E-state index is 12.7. The molecule has 1 unspecified atom stereocenters. The zero-order chi connectivity index (χ0) is 20.1. The molecule has 5 nitrogen and oxygen atoms in total. The summed E-state index contributed by atoms with van der Waals surface area (Å²) in [4.78, 5) is 27.9. The molecular formula is C23H29N3O2S. The van der Waals surface area contributed by atoms with Crippen molar-refractivity contribution >= 4 is 34.5 Å². The summed E-state index contributed by atoms with van der Waals surface area (Å²) in [6.45, 7) is 2.24. The van der Waals surface area contributed by atoms with Crippen LogP contribution in [0, 0.1) is 11.8 Å². The molecule has 29 heavy (non-hydrogen) atoms. The summed E-state index contributed by atoms with van der Waals surface area (Å²) in [6.07, 6.45) is 7.05. The van der Waals surface area contributed by atoms with Gasteiger partial charge in [0, 0.05) is 31.0 Å². The van der Waals surface area contributed by atoms with Crippen molar-refractivity contribution in [2.45, 2.75) is 38.5 Å². The van der Waals surface area contributed by atoms with Gasteiger partial charge in [0.1, 0.15) is 0 Å². The highest BCUT2D eigenvalue weighted by Gasteiger charge is 2.29. The molecule has 2 fully saturated rings. The quantitative estimate of drug-likeness (QED) is 0.715. The smallest absolute Gasteiger partial charge is 0.263 e. The Balaban J connectivity index is 1.28. The number of piperidine rings is 1. The Morgan fingerprint density at radius 3 is 2.48 bits per heavy atom. The normalized spacial score (nSPS) is 19.9. The molecule has 1 aromatic carbocycles. The number of rotatable bonds is 6. The van der Waals surface area contributed by atoms with Crippen LogP contribution in [0.5, 0.6) is 0 Å². The van der Waals surface area contributed by atoms with E-state index in [1.54, 1.807) is 0 Å². The van der Waals surface area contributed by atoms with Crippen molar-refractivity contribution in [2.75, 3.05) is 30.3 Å². The molecule has 1 saturated heterocycles. The first-order valence-electron chi connectivity index (χ1n) is 10.7. The van der Waals surface area contributed by atoms with Crippen molar-refractivity contribution in [1.29, 1.82) is 0 Å². The van der Waals surface area contributed by atoms with Gasteiger partial charge in [-0.2, -0.15) is 0 Å². The third-order valence-electron chi connectivity index (χ3n) is 6.03. The van der Waals surface area contributed by atoms with Crippen LogP contribution in [0.1, 0.15) is 48.2 Å². The SMILES string of the molecule is O=C(Nc1ccc(NCC2CCCC2)cc1)C1CCCN(C(=O)c2cccs2)C1. The number of thiophene rings is 1. The van der Waals surface area contributed by atoms with E-state index in [0.717, 1.165) is 48.1 Å². The molecule has 154 valence electrons. The number of benzene rings is 1. The summed E-state index contributed by atoms with van der Waals surface area (Å²) in [7, 11) is 0. The highest BCUT2D eigenvalue weighted by atomic mass is 32.1. The van der Waals surface area contributed by atoms with E-state index in [1.807, 2.05) is 46.7 Å². The molecular weight excluding hydrogens is 382 g/mol. The van der Waals surface area contributed by atoms with Crippen LogP contribution in [0.2, 0.25) is 0 Å². The van der Waals surface area contributed by atoms with Crippen LogP contribution in [-0.4, -0.2) is 36.3 Å². The number of nitrogens with one attached hydrogen (secondary N) is 2. The maximum Gasteiger partial charge on any atom is 0.263 e. The van der Waals surface area contributed by atoms with Gasteiger partial charge in [0.15, 0.2) is 0 Å². The van der Waals surface area contributed by atoms with Crippen molar-refractivity contribution in [2.24, 2.45) is 11.8 Å². The first-order valence-corrected chi connectivity index (χ1v) is 11.5.